The zero-order valence-electron chi connectivity index (χ0n) is 12.3. The largest absolute Gasteiger partial charge is 0.464 e. The molecule has 2 fully saturated rings. The van der Waals surface area contributed by atoms with Gasteiger partial charge in [-0.05, 0) is 50.2 Å². The van der Waals surface area contributed by atoms with E-state index in [4.69, 9.17) is 4.74 Å². The number of benzene rings is 1. The average molecular weight is 367 g/mol. The van der Waals surface area contributed by atoms with Crippen LogP contribution in [0, 0.1) is 5.92 Å². The summed E-state index contributed by atoms with van der Waals surface area (Å²) in [6.45, 7) is 2.07. The number of carbonyl (C=O) groups is 2. The number of hydrogen-bond donors (Lipinski definition) is 1. The molecule has 2 aliphatic heterocycles. The van der Waals surface area contributed by atoms with Crippen molar-refractivity contribution in [1.29, 1.82) is 0 Å². The number of halogens is 1. The molecule has 22 heavy (non-hydrogen) atoms. The standard InChI is InChI=1S/C16H19BrN2O3/c17-12-1-3-13(4-2-12)18-15(20)11-5-8-19(9-6-11)14-7-10-22-16(14)21/h1-4,11,14H,5-10H2,(H,18,20)/t14-/m0/s1. The highest BCUT2D eigenvalue weighted by Crippen LogP contribution is 2.24. The molecule has 1 amide bonds. The Bertz CT molecular complexity index is 553. The van der Waals surface area contributed by atoms with Gasteiger partial charge in [-0.1, -0.05) is 15.9 Å². The number of nitrogens with one attached hydrogen (secondary N) is 1. The van der Waals surface area contributed by atoms with Crippen LogP contribution in [-0.2, 0) is 14.3 Å². The van der Waals surface area contributed by atoms with Crippen LogP contribution in [-0.4, -0.2) is 42.5 Å². The van der Waals surface area contributed by atoms with Crippen molar-refractivity contribution in [3.8, 4) is 0 Å². The first-order chi connectivity index (χ1) is 10.6. The third-order valence-corrected chi connectivity index (χ3v) is 4.89. The number of cyclic esters (lactones) is 1. The highest BCUT2D eigenvalue weighted by molar-refractivity contribution is 9.10. The number of likely N-dealkylation sites (tertiary alicyclic amines) is 1. The lowest BCUT2D eigenvalue weighted by atomic mass is 9.94. The molecule has 1 aromatic rings. The van der Waals surface area contributed by atoms with Gasteiger partial charge in [-0.25, -0.2) is 0 Å². The third-order valence-electron chi connectivity index (χ3n) is 4.36. The maximum absolute atomic E-state index is 12.3. The fourth-order valence-corrected chi connectivity index (χ4v) is 3.33. The zero-order valence-corrected chi connectivity index (χ0v) is 13.8. The van der Waals surface area contributed by atoms with E-state index >= 15 is 0 Å². The number of anilines is 1. The predicted octanol–water partition coefficient (Wildman–Crippen LogP) is 2.42. The number of nitrogens with zero attached hydrogens (tertiary/aromatic N) is 1. The number of piperidine rings is 1. The normalized spacial score (nSPS) is 23.3. The number of hydrogen-bond acceptors (Lipinski definition) is 4. The first-order valence-electron chi connectivity index (χ1n) is 7.60. The van der Waals surface area contributed by atoms with Crippen LogP contribution in [0.2, 0.25) is 0 Å². The van der Waals surface area contributed by atoms with Crippen molar-refractivity contribution in [2.75, 3.05) is 25.0 Å². The van der Waals surface area contributed by atoms with Crippen molar-refractivity contribution < 1.29 is 14.3 Å². The van der Waals surface area contributed by atoms with Crippen LogP contribution in [0.1, 0.15) is 19.3 Å². The Hall–Kier alpha value is -1.40. The summed E-state index contributed by atoms with van der Waals surface area (Å²) in [5, 5.41) is 2.96. The van der Waals surface area contributed by atoms with Gasteiger partial charge in [0.05, 0.1) is 6.61 Å². The van der Waals surface area contributed by atoms with E-state index in [-0.39, 0.29) is 23.8 Å². The van der Waals surface area contributed by atoms with Gasteiger partial charge in [-0.15, -0.1) is 0 Å². The molecule has 0 spiro atoms. The molecule has 0 radical (unpaired) electrons. The fourth-order valence-electron chi connectivity index (χ4n) is 3.07. The Morgan fingerprint density at radius 3 is 2.45 bits per heavy atom. The smallest absolute Gasteiger partial charge is 0.323 e. The second-order valence-electron chi connectivity index (χ2n) is 5.78. The molecule has 2 saturated heterocycles. The number of amides is 1. The van der Waals surface area contributed by atoms with Crippen molar-refractivity contribution in [2.45, 2.75) is 25.3 Å². The average Bonchev–Trinajstić information content (AvgIpc) is 2.96. The van der Waals surface area contributed by atoms with Gasteiger partial charge >= 0.3 is 5.97 Å². The summed E-state index contributed by atoms with van der Waals surface area (Å²) in [5.74, 6) is -0.0361. The molecular weight excluding hydrogens is 348 g/mol. The van der Waals surface area contributed by atoms with Crippen LogP contribution in [0.4, 0.5) is 5.69 Å². The second kappa shape index (κ2) is 6.79. The molecule has 0 aliphatic carbocycles. The van der Waals surface area contributed by atoms with E-state index < -0.39 is 0 Å². The first-order valence-corrected chi connectivity index (χ1v) is 8.40. The maximum atomic E-state index is 12.3. The van der Waals surface area contributed by atoms with Gasteiger partial charge in [0.15, 0.2) is 0 Å². The maximum Gasteiger partial charge on any atom is 0.323 e. The molecule has 1 N–H and O–H groups in total. The predicted molar refractivity (Wildman–Crippen MR) is 86.4 cm³/mol. The monoisotopic (exact) mass is 366 g/mol. The van der Waals surface area contributed by atoms with E-state index in [2.05, 4.69) is 26.1 Å². The Labute approximate surface area is 138 Å². The Kier molecular flexibility index (Phi) is 4.78. The van der Waals surface area contributed by atoms with Crippen LogP contribution in [0.15, 0.2) is 28.7 Å². The van der Waals surface area contributed by atoms with Crippen LogP contribution in [0.5, 0.6) is 0 Å². The van der Waals surface area contributed by atoms with E-state index in [1.165, 1.54) is 0 Å². The van der Waals surface area contributed by atoms with Gasteiger partial charge in [0.1, 0.15) is 6.04 Å². The van der Waals surface area contributed by atoms with Crippen molar-refractivity contribution >= 4 is 33.5 Å². The number of esters is 1. The van der Waals surface area contributed by atoms with E-state index in [1.54, 1.807) is 0 Å². The lowest BCUT2D eigenvalue weighted by Crippen LogP contribution is -2.45. The lowest BCUT2D eigenvalue weighted by molar-refractivity contribution is -0.142. The number of ether oxygens (including phenoxy) is 1. The summed E-state index contributed by atoms with van der Waals surface area (Å²) >= 11 is 3.38. The van der Waals surface area contributed by atoms with Crippen molar-refractivity contribution in [3.63, 3.8) is 0 Å². The quantitative estimate of drug-likeness (QED) is 0.834. The molecule has 0 saturated carbocycles. The van der Waals surface area contributed by atoms with Gasteiger partial charge in [-0.3, -0.25) is 14.5 Å². The first kappa shape index (κ1) is 15.5. The molecule has 2 heterocycles. The SMILES string of the molecule is O=C(Nc1ccc(Br)cc1)C1CCN([C@H]2CCOC2=O)CC1. The number of rotatable bonds is 3. The molecule has 1 aromatic carbocycles. The molecule has 0 bridgehead atoms. The van der Waals surface area contributed by atoms with Gasteiger partial charge in [-0.2, -0.15) is 0 Å². The van der Waals surface area contributed by atoms with Crippen molar-refractivity contribution in [2.24, 2.45) is 5.92 Å². The Morgan fingerprint density at radius 1 is 1.18 bits per heavy atom. The summed E-state index contributed by atoms with van der Waals surface area (Å²) in [6, 6.07) is 7.47. The topological polar surface area (TPSA) is 58.6 Å². The van der Waals surface area contributed by atoms with Crippen LogP contribution in [0.25, 0.3) is 0 Å². The molecule has 0 aromatic heterocycles. The highest BCUT2D eigenvalue weighted by Gasteiger charge is 2.35. The lowest BCUT2D eigenvalue weighted by Gasteiger charge is -2.33. The molecule has 6 heteroatoms. The molecule has 5 nitrogen and oxygen atoms in total. The molecule has 2 aliphatic rings. The minimum absolute atomic E-state index is 0.0114. The summed E-state index contributed by atoms with van der Waals surface area (Å²) in [5.41, 5.74) is 0.815. The molecule has 3 rings (SSSR count). The third kappa shape index (κ3) is 3.50. The van der Waals surface area contributed by atoms with E-state index in [0.717, 1.165) is 42.5 Å². The molecular formula is C16H19BrN2O3. The van der Waals surface area contributed by atoms with Gasteiger partial charge in [0, 0.05) is 22.5 Å². The van der Waals surface area contributed by atoms with E-state index in [9.17, 15) is 9.59 Å². The summed E-state index contributed by atoms with van der Waals surface area (Å²) in [7, 11) is 0. The van der Waals surface area contributed by atoms with Crippen molar-refractivity contribution in [1.82, 2.24) is 4.90 Å². The van der Waals surface area contributed by atoms with Crippen LogP contribution in [0.3, 0.4) is 0 Å². The number of carbonyl (C=O) groups excluding carboxylic acids is 2. The minimum atomic E-state index is -0.113. The fraction of sp³-hybridized carbons (Fsp3) is 0.500. The Balaban J connectivity index is 1.51. The van der Waals surface area contributed by atoms with Crippen LogP contribution >= 0.6 is 15.9 Å². The molecule has 1 atom stereocenters. The summed E-state index contributed by atoms with van der Waals surface area (Å²) in [6.07, 6.45) is 2.34. The van der Waals surface area contributed by atoms with Gasteiger partial charge < -0.3 is 10.1 Å². The van der Waals surface area contributed by atoms with Crippen molar-refractivity contribution in [3.05, 3.63) is 28.7 Å². The molecule has 118 valence electrons. The van der Waals surface area contributed by atoms with Crippen LogP contribution < -0.4 is 5.32 Å². The van der Waals surface area contributed by atoms with Gasteiger partial charge in [0.25, 0.3) is 0 Å². The van der Waals surface area contributed by atoms with Gasteiger partial charge in [0.2, 0.25) is 5.91 Å². The Morgan fingerprint density at radius 2 is 1.86 bits per heavy atom. The summed E-state index contributed by atoms with van der Waals surface area (Å²) in [4.78, 5) is 26.1. The highest BCUT2D eigenvalue weighted by atomic mass is 79.9. The summed E-state index contributed by atoms with van der Waals surface area (Å²) < 4.78 is 6.01. The van der Waals surface area contributed by atoms with E-state index in [1.807, 2.05) is 24.3 Å². The zero-order chi connectivity index (χ0) is 15.5. The van der Waals surface area contributed by atoms with E-state index in [0.29, 0.717) is 6.61 Å². The second-order valence-corrected chi connectivity index (χ2v) is 6.69. The molecule has 0 unspecified atom stereocenters. The minimum Gasteiger partial charge on any atom is -0.464 e.